The Morgan fingerprint density at radius 3 is 2.68 bits per heavy atom. The summed E-state index contributed by atoms with van der Waals surface area (Å²) in [6.45, 7) is 2.14. The van der Waals surface area contributed by atoms with E-state index in [1.165, 1.54) is 11.8 Å². The number of nitrogens with one attached hydrogen (secondary N) is 2. The van der Waals surface area contributed by atoms with E-state index in [2.05, 4.69) is 15.6 Å². The Balaban J connectivity index is 1.65. The van der Waals surface area contributed by atoms with Crippen molar-refractivity contribution in [3.63, 3.8) is 0 Å². The highest BCUT2D eigenvalue weighted by Crippen LogP contribution is 2.27. The number of rotatable bonds is 8. The van der Waals surface area contributed by atoms with Gasteiger partial charge >= 0.3 is 12.0 Å². The summed E-state index contributed by atoms with van der Waals surface area (Å²) in [7, 11) is 0. The average Bonchev–Trinajstić information content (AvgIpc) is 3.08. The van der Waals surface area contributed by atoms with Crippen LogP contribution in [0.1, 0.15) is 12.5 Å². The second kappa shape index (κ2) is 10.8. The van der Waals surface area contributed by atoms with E-state index in [1.807, 2.05) is 41.0 Å². The molecule has 0 bridgehead atoms. The number of amides is 3. The molecule has 3 rings (SSSR count). The Hall–Kier alpha value is -3.04. The predicted octanol–water partition coefficient (Wildman–Crippen LogP) is 3.22. The third-order valence-corrected chi connectivity index (χ3v) is 5.32. The molecule has 162 valence electrons. The molecule has 0 aliphatic carbocycles. The zero-order valence-electron chi connectivity index (χ0n) is 16.8. The quantitative estimate of drug-likeness (QED) is 0.395. The lowest BCUT2D eigenvalue weighted by atomic mass is 10.2. The number of hydrogen-bond acceptors (Lipinski definition) is 6. The number of esters is 1. The van der Waals surface area contributed by atoms with Crippen molar-refractivity contribution in [2.75, 3.05) is 18.9 Å². The molecule has 0 radical (unpaired) electrons. The minimum Gasteiger partial charge on any atom is -0.455 e. The minimum atomic E-state index is -0.699. The Morgan fingerprint density at radius 2 is 1.94 bits per heavy atom. The molecule has 2 aromatic carbocycles. The summed E-state index contributed by atoms with van der Waals surface area (Å²) in [6, 6.07) is 14.7. The molecule has 0 spiro atoms. The molecule has 0 aliphatic rings. The first-order chi connectivity index (χ1) is 15.0. The second-order valence-electron chi connectivity index (χ2n) is 6.46. The molecule has 10 heteroatoms. The summed E-state index contributed by atoms with van der Waals surface area (Å²) < 4.78 is 6.95. The Morgan fingerprint density at radius 1 is 1.16 bits per heavy atom. The van der Waals surface area contributed by atoms with E-state index in [0.717, 1.165) is 16.6 Å². The molecule has 31 heavy (non-hydrogen) atoms. The van der Waals surface area contributed by atoms with Crippen molar-refractivity contribution in [1.82, 2.24) is 20.2 Å². The first-order valence-electron chi connectivity index (χ1n) is 9.52. The van der Waals surface area contributed by atoms with Crippen LogP contribution >= 0.6 is 23.4 Å². The smallest absolute Gasteiger partial charge is 0.321 e. The fourth-order valence-corrected chi connectivity index (χ4v) is 3.77. The number of aromatic nitrogens is 2. The molecule has 1 heterocycles. The van der Waals surface area contributed by atoms with Gasteiger partial charge in [-0.3, -0.25) is 14.9 Å². The average molecular weight is 461 g/mol. The molecule has 2 N–H and O–H groups in total. The molecular weight excluding hydrogens is 440 g/mol. The fourth-order valence-electron chi connectivity index (χ4n) is 2.79. The summed E-state index contributed by atoms with van der Waals surface area (Å²) in [5, 5.41) is 5.69. The standard InChI is InChI=1S/C21H21ClN4O4S/c1-2-23-20(29)25-18(27)12-30-19(28)13-31-21-24-16-10-15(22)8-9-17(16)26(21)11-14-6-4-3-5-7-14/h3-10H,2,11-13H2,1H3,(H2,23,25,27,29). The second-order valence-corrected chi connectivity index (χ2v) is 7.84. The van der Waals surface area contributed by atoms with E-state index in [-0.39, 0.29) is 5.75 Å². The highest BCUT2D eigenvalue weighted by atomic mass is 35.5. The van der Waals surface area contributed by atoms with Crippen LogP contribution in [0.5, 0.6) is 0 Å². The molecule has 3 aromatic rings. The number of benzene rings is 2. The van der Waals surface area contributed by atoms with E-state index in [9.17, 15) is 14.4 Å². The summed E-state index contributed by atoms with van der Waals surface area (Å²) in [6.07, 6.45) is 0. The zero-order valence-corrected chi connectivity index (χ0v) is 18.3. The number of halogens is 1. The maximum Gasteiger partial charge on any atom is 0.321 e. The number of imidazole rings is 1. The number of carbonyl (C=O) groups is 3. The molecule has 0 aliphatic heterocycles. The summed E-state index contributed by atoms with van der Waals surface area (Å²) in [5.41, 5.74) is 2.70. The van der Waals surface area contributed by atoms with Gasteiger partial charge in [0, 0.05) is 11.6 Å². The Bertz CT molecular complexity index is 1090. The third-order valence-electron chi connectivity index (χ3n) is 4.13. The molecule has 8 nitrogen and oxygen atoms in total. The lowest BCUT2D eigenvalue weighted by Gasteiger charge is -2.09. The number of urea groups is 1. The Kier molecular flexibility index (Phi) is 7.91. The number of hydrogen-bond donors (Lipinski definition) is 2. The SMILES string of the molecule is CCNC(=O)NC(=O)COC(=O)CSc1nc2cc(Cl)ccc2n1Cc1ccccc1. The lowest BCUT2D eigenvalue weighted by molar-refractivity contribution is -0.145. The number of nitrogens with zero attached hydrogens (tertiary/aromatic N) is 2. The van der Waals surface area contributed by atoms with Gasteiger partial charge in [0.1, 0.15) is 0 Å². The highest BCUT2D eigenvalue weighted by molar-refractivity contribution is 7.99. The maximum absolute atomic E-state index is 12.1. The summed E-state index contributed by atoms with van der Waals surface area (Å²) >= 11 is 7.30. The first-order valence-corrected chi connectivity index (χ1v) is 10.9. The zero-order chi connectivity index (χ0) is 22.2. The highest BCUT2D eigenvalue weighted by Gasteiger charge is 2.16. The molecule has 0 saturated carbocycles. The minimum absolute atomic E-state index is 0.0414. The topological polar surface area (TPSA) is 102 Å². The maximum atomic E-state index is 12.1. The van der Waals surface area contributed by atoms with Crippen molar-refractivity contribution in [2.45, 2.75) is 18.6 Å². The van der Waals surface area contributed by atoms with E-state index in [0.29, 0.717) is 23.3 Å². The molecule has 0 unspecified atom stereocenters. The van der Waals surface area contributed by atoms with Crippen LogP contribution in [0.25, 0.3) is 11.0 Å². The van der Waals surface area contributed by atoms with E-state index in [1.54, 1.807) is 19.1 Å². The van der Waals surface area contributed by atoms with Gasteiger partial charge in [0.05, 0.1) is 23.3 Å². The monoisotopic (exact) mass is 460 g/mol. The van der Waals surface area contributed by atoms with E-state index in [4.69, 9.17) is 16.3 Å². The first kappa shape index (κ1) is 22.6. The number of carbonyl (C=O) groups excluding carboxylic acids is 3. The van der Waals surface area contributed by atoms with Gasteiger partial charge in [0.2, 0.25) is 0 Å². The van der Waals surface area contributed by atoms with E-state index < -0.39 is 24.5 Å². The number of thioether (sulfide) groups is 1. The lowest BCUT2D eigenvalue weighted by Crippen LogP contribution is -2.41. The van der Waals surface area contributed by atoms with Crippen LogP contribution in [0.15, 0.2) is 53.7 Å². The summed E-state index contributed by atoms with van der Waals surface area (Å²) in [4.78, 5) is 39.6. The number of imide groups is 1. The van der Waals surface area contributed by atoms with Crippen molar-refractivity contribution in [1.29, 1.82) is 0 Å². The van der Waals surface area contributed by atoms with Gasteiger partial charge in [0.15, 0.2) is 11.8 Å². The molecule has 1 aromatic heterocycles. The van der Waals surface area contributed by atoms with Crippen molar-refractivity contribution in [3.8, 4) is 0 Å². The summed E-state index contributed by atoms with van der Waals surface area (Å²) in [5.74, 6) is -1.33. The van der Waals surface area contributed by atoms with Gasteiger partial charge in [-0.25, -0.2) is 9.78 Å². The van der Waals surface area contributed by atoms with Crippen molar-refractivity contribution in [2.24, 2.45) is 0 Å². The normalized spacial score (nSPS) is 10.6. The van der Waals surface area contributed by atoms with Crippen molar-refractivity contribution >= 4 is 52.3 Å². The predicted molar refractivity (Wildman–Crippen MR) is 119 cm³/mol. The molecule has 0 fully saturated rings. The van der Waals surface area contributed by atoms with Gasteiger partial charge in [-0.2, -0.15) is 0 Å². The Labute approximate surface area is 188 Å². The number of fused-ring (bicyclic) bond motifs is 1. The van der Waals surface area contributed by atoms with Gasteiger partial charge in [-0.15, -0.1) is 0 Å². The van der Waals surface area contributed by atoms with Gasteiger partial charge in [-0.05, 0) is 30.7 Å². The third kappa shape index (κ3) is 6.47. The van der Waals surface area contributed by atoms with Crippen LogP contribution < -0.4 is 10.6 Å². The molecule has 0 atom stereocenters. The van der Waals surface area contributed by atoms with Gasteiger partial charge in [0.25, 0.3) is 5.91 Å². The van der Waals surface area contributed by atoms with E-state index >= 15 is 0 Å². The molecule has 0 saturated heterocycles. The van der Waals surface area contributed by atoms with Crippen LogP contribution in [0.4, 0.5) is 4.79 Å². The largest absolute Gasteiger partial charge is 0.455 e. The van der Waals surface area contributed by atoms with Gasteiger partial charge in [-0.1, -0.05) is 53.7 Å². The van der Waals surface area contributed by atoms with Gasteiger partial charge < -0.3 is 14.6 Å². The fraction of sp³-hybridized carbons (Fsp3) is 0.238. The molecule has 3 amide bonds. The van der Waals surface area contributed by atoms with Crippen LogP contribution in [0.2, 0.25) is 5.02 Å². The van der Waals surface area contributed by atoms with Crippen LogP contribution in [-0.2, 0) is 20.9 Å². The van der Waals surface area contributed by atoms with Crippen molar-refractivity contribution < 1.29 is 19.1 Å². The van der Waals surface area contributed by atoms with Crippen molar-refractivity contribution in [3.05, 3.63) is 59.1 Å². The number of ether oxygens (including phenoxy) is 1. The molecular formula is C21H21ClN4O4S. The van der Waals surface area contributed by atoms with Crippen LogP contribution in [0, 0.1) is 0 Å². The van der Waals surface area contributed by atoms with Crippen LogP contribution in [-0.4, -0.2) is 46.4 Å². The van der Waals surface area contributed by atoms with Crippen LogP contribution in [0.3, 0.4) is 0 Å².